The van der Waals surface area contributed by atoms with E-state index in [2.05, 4.69) is 0 Å². The van der Waals surface area contributed by atoms with Crippen molar-refractivity contribution in [2.75, 3.05) is 18.1 Å². The van der Waals surface area contributed by atoms with Gasteiger partial charge in [-0.1, -0.05) is 0 Å². The molecule has 0 unspecified atom stereocenters. The van der Waals surface area contributed by atoms with Crippen LogP contribution in [0.2, 0.25) is 0 Å². The average Bonchev–Trinajstić information content (AvgIpc) is 2.03. The fraction of sp³-hybridized carbons (Fsp3) is 0.875. The number of sulfone groups is 1. The van der Waals surface area contributed by atoms with Crippen LogP contribution in [0.4, 0.5) is 0 Å². The molecule has 0 atom stereocenters. The minimum atomic E-state index is -3.07. The predicted octanol–water partition coefficient (Wildman–Crippen LogP) is 0.00490. The van der Waals surface area contributed by atoms with E-state index in [1.54, 1.807) is 0 Å². The Balaban J connectivity index is 3.67. The summed E-state index contributed by atoms with van der Waals surface area (Å²) in [5.41, 5.74) is 5.23. The zero-order chi connectivity index (χ0) is 11.0. The summed E-state index contributed by atoms with van der Waals surface area (Å²) in [6.45, 7) is 0.491. The first-order valence-corrected chi connectivity index (χ1v) is 6.42. The molecule has 0 aromatic heterocycles. The molecule has 5 nitrogen and oxygen atoms in total. The van der Waals surface area contributed by atoms with Crippen molar-refractivity contribution >= 4 is 15.8 Å². The first kappa shape index (κ1) is 13.4. The molecule has 0 aromatic rings. The van der Waals surface area contributed by atoms with Crippen LogP contribution in [0.15, 0.2) is 0 Å². The van der Waals surface area contributed by atoms with E-state index < -0.39 is 15.8 Å². The topological polar surface area (TPSA) is 97.5 Å². The maximum Gasteiger partial charge on any atom is 0.303 e. The van der Waals surface area contributed by atoms with Gasteiger partial charge in [-0.3, -0.25) is 4.79 Å². The first-order chi connectivity index (χ1) is 6.48. The second kappa shape index (κ2) is 6.78. The monoisotopic (exact) mass is 223 g/mol. The zero-order valence-electron chi connectivity index (χ0n) is 8.11. The van der Waals surface area contributed by atoms with Crippen molar-refractivity contribution in [3.05, 3.63) is 0 Å². The summed E-state index contributed by atoms with van der Waals surface area (Å²) < 4.78 is 22.5. The lowest BCUT2D eigenvalue weighted by Gasteiger charge is -2.02. The van der Waals surface area contributed by atoms with Crippen LogP contribution < -0.4 is 5.73 Å². The number of carbonyl (C=O) groups is 1. The average molecular weight is 223 g/mol. The molecule has 0 saturated carbocycles. The maximum absolute atomic E-state index is 11.3. The molecule has 14 heavy (non-hydrogen) atoms. The SMILES string of the molecule is NCCCCS(=O)(=O)CCCC(=O)O. The second-order valence-electron chi connectivity index (χ2n) is 3.14. The number of rotatable bonds is 8. The molecule has 0 aliphatic heterocycles. The summed E-state index contributed by atoms with van der Waals surface area (Å²) in [6.07, 6.45) is 1.36. The van der Waals surface area contributed by atoms with Gasteiger partial charge in [0.05, 0.1) is 11.5 Å². The second-order valence-corrected chi connectivity index (χ2v) is 5.45. The molecule has 0 radical (unpaired) electrons. The highest BCUT2D eigenvalue weighted by Crippen LogP contribution is 2.01. The van der Waals surface area contributed by atoms with Gasteiger partial charge in [-0.25, -0.2) is 8.42 Å². The van der Waals surface area contributed by atoms with Crippen molar-refractivity contribution in [1.82, 2.24) is 0 Å². The van der Waals surface area contributed by atoms with Crippen LogP contribution >= 0.6 is 0 Å². The van der Waals surface area contributed by atoms with Gasteiger partial charge in [0.15, 0.2) is 0 Å². The van der Waals surface area contributed by atoms with Crippen molar-refractivity contribution in [2.45, 2.75) is 25.7 Å². The highest BCUT2D eigenvalue weighted by molar-refractivity contribution is 7.91. The highest BCUT2D eigenvalue weighted by atomic mass is 32.2. The number of hydrogen-bond donors (Lipinski definition) is 2. The third kappa shape index (κ3) is 8.00. The Labute approximate surface area is 84.2 Å². The van der Waals surface area contributed by atoms with E-state index >= 15 is 0 Å². The van der Waals surface area contributed by atoms with Crippen molar-refractivity contribution in [2.24, 2.45) is 5.73 Å². The van der Waals surface area contributed by atoms with E-state index in [-0.39, 0.29) is 24.3 Å². The van der Waals surface area contributed by atoms with Crippen LogP contribution in [0.25, 0.3) is 0 Å². The van der Waals surface area contributed by atoms with Crippen molar-refractivity contribution < 1.29 is 18.3 Å². The summed E-state index contributed by atoms with van der Waals surface area (Å²) in [6, 6.07) is 0. The maximum atomic E-state index is 11.3. The van der Waals surface area contributed by atoms with Crippen molar-refractivity contribution in [3.63, 3.8) is 0 Å². The standard InChI is InChI=1S/C8H17NO4S/c9-5-1-2-6-14(12,13)7-3-4-8(10)11/h1-7,9H2,(H,10,11). The minimum Gasteiger partial charge on any atom is -0.481 e. The van der Waals surface area contributed by atoms with Crippen LogP contribution in [-0.4, -0.2) is 37.5 Å². The number of aliphatic carboxylic acids is 1. The largest absolute Gasteiger partial charge is 0.481 e. The zero-order valence-corrected chi connectivity index (χ0v) is 8.92. The molecule has 3 N–H and O–H groups in total. The van der Waals surface area contributed by atoms with E-state index in [1.165, 1.54) is 0 Å². The molecule has 0 amide bonds. The Morgan fingerprint density at radius 2 is 1.71 bits per heavy atom. The van der Waals surface area contributed by atoms with E-state index in [9.17, 15) is 13.2 Å². The summed E-state index contributed by atoms with van der Waals surface area (Å²) in [7, 11) is -3.07. The van der Waals surface area contributed by atoms with Crippen LogP contribution in [0.1, 0.15) is 25.7 Å². The Bertz CT molecular complexity index is 261. The van der Waals surface area contributed by atoms with Gasteiger partial charge in [0.2, 0.25) is 0 Å². The van der Waals surface area contributed by atoms with Gasteiger partial charge in [0.25, 0.3) is 0 Å². The molecule has 0 saturated heterocycles. The number of carboxylic acids is 1. The van der Waals surface area contributed by atoms with Gasteiger partial charge >= 0.3 is 5.97 Å². The highest BCUT2D eigenvalue weighted by Gasteiger charge is 2.10. The van der Waals surface area contributed by atoms with Crippen LogP contribution in [0, 0.1) is 0 Å². The minimum absolute atomic E-state index is 0.0378. The van der Waals surface area contributed by atoms with Crippen molar-refractivity contribution in [3.8, 4) is 0 Å². The Kier molecular flexibility index (Phi) is 6.48. The normalized spacial score (nSPS) is 11.5. The van der Waals surface area contributed by atoms with Gasteiger partial charge in [-0.05, 0) is 25.8 Å². The lowest BCUT2D eigenvalue weighted by atomic mass is 10.3. The van der Waals surface area contributed by atoms with E-state index in [4.69, 9.17) is 10.8 Å². The van der Waals surface area contributed by atoms with Gasteiger partial charge < -0.3 is 10.8 Å². The molecule has 0 aliphatic carbocycles. The number of carboxylic acid groups (broad SMARTS) is 1. The lowest BCUT2D eigenvalue weighted by molar-refractivity contribution is -0.137. The summed E-state index contributed by atoms with van der Waals surface area (Å²) in [5, 5.41) is 8.31. The molecular formula is C8H17NO4S. The molecule has 6 heteroatoms. The van der Waals surface area contributed by atoms with E-state index in [0.29, 0.717) is 19.4 Å². The van der Waals surface area contributed by atoms with Crippen LogP contribution in [0.5, 0.6) is 0 Å². The van der Waals surface area contributed by atoms with Crippen molar-refractivity contribution in [1.29, 1.82) is 0 Å². The molecule has 84 valence electrons. The van der Waals surface area contributed by atoms with Gasteiger partial charge in [-0.15, -0.1) is 0 Å². The molecule has 0 aromatic carbocycles. The molecular weight excluding hydrogens is 206 g/mol. The van der Waals surface area contributed by atoms with E-state index in [1.807, 2.05) is 0 Å². The number of hydrogen-bond acceptors (Lipinski definition) is 4. The molecule has 0 bridgehead atoms. The lowest BCUT2D eigenvalue weighted by Crippen LogP contribution is -2.13. The van der Waals surface area contributed by atoms with Gasteiger partial charge in [0.1, 0.15) is 9.84 Å². The van der Waals surface area contributed by atoms with E-state index in [0.717, 1.165) is 0 Å². The number of unbranched alkanes of at least 4 members (excludes halogenated alkanes) is 1. The van der Waals surface area contributed by atoms with Gasteiger partial charge in [-0.2, -0.15) is 0 Å². The molecule has 0 heterocycles. The fourth-order valence-electron chi connectivity index (χ4n) is 1.01. The molecule has 0 rings (SSSR count). The third-order valence-corrected chi connectivity index (χ3v) is 3.58. The Morgan fingerprint density at radius 3 is 2.21 bits per heavy atom. The smallest absolute Gasteiger partial charge is 0.303 e. The summed E-state index contributed by atoms with van der Waals surface area (Å²) in [4.78, 5) is 10.1. The third-order valence-electron chi connectivity index (χ3n) is 1.76. The quantitative estimate of drug-likeness (QED) is 0.565. The molecule has 0 fully saturated rings. The van der Waals surface area contributed by atoms with Gasteiger partial charge in [0, 0.05) is 6.42 Å². The fourth-order valence-corrected chi connectivity index (χ4v) is 2.44. The first-order valence-electron chi connectivity index (χ1n) is 4.60. The predicted molar refractivity (Wildman–Crippen MR) is 53.8 cm³/mol. The molecule has 0 aliphatic rings. The number of nitrogens with two attached hydrogens (primary N) is 1. The Morgan fingerprint density at radius 1 is 1.14 bits per heavy atom. The van der Waals surface area contributed by atoms with Crippen LogP contribution in [0.3, 0.4) is 0 Å². The summed E-state index contributed by atoms with van der Waals surface area (Å²) in [5.74, 6) is -0.879. The molecule has 0 spiro atoms. The van der Waals surface area contributed by atoms with Crippen LogP contribution in [-0.2, 0) is 14.6 Å². The summed E-state index contributed by atoms with van der Waals surface area (Å²) >= 11 is 0. The Hall–Kier alpha value is -0.620.